The molecule has 0 radical (unpaired) electrons. The van der Waals surface area contributed by atoms with Gasteiger partial charge in [-0.1, -0.05) is 29.8 Å². The fourth-order valence-corrected chi connectivity index (χ4v) is 2.82. The van der Waals surface area contributed by atoms with Crippen molar-refractivity contribution in [3.05, 3.63) is 64.2 Å². The van der Waals surface area contributed by atoms with Crippen molar-refractivity contribution in [1.29, 1.82) is 5.26 Å². The van der Waals surface area contributed by atoms with Crippen LogP contribution in [0.25, 0.3) is 0 Å². The van der Waals surface area contributed by atoms with Gasteiger partial charge in [-0.25, -0.2) is 0 Å². The maximum Gasteiger partial charge on any atom is 0.148 e. The molecular weight excluding hydrogens is 282 g/mol. The zero-order chi connectivity index (χ0) is 14.9. The van der Waals surface area contributed by atoms with E-state index in [9.17, 15) is 5.26 Å². The largest absolute Gasteiger partial charge is 0.364 e. The Morgan fingerprint density at radius 1 is 1.19 bits per heavy atom. The number of nitrogens with zero attached hydrogens (tertiary/aromatic N) is 1. The molecule has 1 aliphatic rings. The van der Waals surface area contributed by atoms with Crippen LogP contribution in [0.4, 0.5) is 5.69 Å². The highest BCUT2D eigenvalue weighted by atomic mass is 35.5. The fourth-order valence-electron chi connectivity index (χ4n) is 2.63. The molecule has 1 heterocycles. The van der Waals surface area contributed by atoms with Gasteiger partial charge in [0.25, 0.3) is 0 Å². The summed E-state index contributed by atoms with van der Waals surface area (Å²) in [5.41, 5.74) is 3.59. The monoisotopic (exact) mass is 297 g/mol. The van der Waals surface area contributed by atoms with Crippen molar-refractivity contribution in [2.75, 3.05) is 5.32 Å². The molecule has 1 aliphatic heterocycles. The zero-order valence-corrected chi connectivity index (χ0v) is 12.5. The van der Waals surface area contributed by atoms with Gasteiger partial charge in [0.1, 0.15) is 5.54 Å². The number of nitrogens with one attached hydrogen (secondary N) is 2. The molecule has 2 aromatic carbocycles. The molecule has 0 bridgehead atoms. The van der Waals surface area contributed by atoms with Crippen LogP contribution in [0.5, 0.6) is 0 Å². The number of hydrogen-bond donors (Lipinski definition) is 2. The van der Waals surface area contributed by atoms with E-state index < -0.39 is 5.54 Å². The smallest absolute Gasteiger partial charge is 0.148 e. The Labute approximate surface area is 129 Å². The van der Waals surface area contributed by atoms with Crippen molar-refractivity contribution in [2.45, 2.75) is 25.6 Å². The molecule has 2 N–H and O–H groups in total. The molecule has 0 aromatic heterocycles. The molecule has 1 atom stereocenters. The van der Waals surface area contributed by atoms with Gasteiger partial charge in [0.2, 0.25) is 0 Å². The lowest BCUT2D eigenvalue weighted by molar-refractivity contribution is 0.706. The lowest BCUT2D eigenvalue weighted by atomic mass is 9.93. The highest BCUT2D eigenvalue weighted by Crippen LogP contribution is 2.29. The van der Waals surface area contributed by atoms with Gasteiger partial charge in [-0.15, -0.1) is 0 Å². The Balaban J connectivity index is 1.92. The maximum absolute atomic E-state index is 9.62. The van der Waals surface area contributed by atoms with Crippen LogP contribution in [-0.4, -0.2) is 0 Å². The third kappa shape index (κ3) is 2.73. The standard InChI is InChI=1S/C17H16ClN3/c1-17(11-19,14-3-2-4-15(18)8-14)21-16-6-5-12-9-20-10-13(12)7-16/h2-8,20-21H,9-10H2,1H3/t17-/m1/s1. The van der Waals surface area contributed by atoms with E-state index in [4.69, 9.17) is 11.6 Å². The molecular formula is C17H16ClN3. The maximum atomic E-state index is 9.62. The molecule has 0 amide bonds. The zero-order valence-electron chi connectivity index (χ0n) is 11.8. The van der Waals surface area contributed by atoms with Gasteiger partial charge in [0, 0.05) is 23.8 Å². The highest BCUT2D eigenvalue weighted by molar-refractivity contribution is 6.30. The molecule has 0 unspecified atom stereocenters. The predicted octanol–water partition coefficient (Wildman–Crippen LogP) is 3.79. The quantitative estimate of drug-likeness (QED) is 0.906. The summed E-state index contributed by atoms with van der Waals surface area (Å²) >= 11 is 6.04. The van der Waals surface area contributed by atoms with Crippen LogP contribution in [-0.2, 0) is 18.6 Å². The lowest BCUT2D eigenvalue weighted by Gasteiger charge is -2.25. The first-order chi connectivity index (χ1) is 10.1. The van der Waals surface area contributed by atoms with Gasteiger partial charge in [-0.05, 0) is 47.9 Å². The molecule has 4 heteroatoms. The van der Waals surface area contributed by atoms with Gasteiger partial charge in [0.15, 0.2) is 0 Å². The molecule has 21 heavy (non-hydrogen) atoms. The van der Waals surface area contributed by atoms with Crippen LogP contribution in [0.2, 0.25) is 5.02 Å². The van der Waals surface area contributed by atoms with Crippen molar-refractivity contribution in [2.24, 2.45) is 0 Å². The minimum absolute atomic E-state index is 0.633. The molecule has 3 rings (SSSR count). The summed E-state index contributed by atoms with van der Waals surface area (Å²) in [6.07, 6.45) is 0. The van der Waals surface area contributed by atoms with Gasteiger partial charge in [-0.3, -0.25) is 0 Å². The summed E-state index contributed by atoms with van der Waals surface area (Å²) in [6, 6.07) is 16.0. The van der Waals surface area contributed by atoms with Crippen LogP contribution in [0.15, 0.2) is 42.5 Å². The van der Waals surface area contributed by atoms with E-state index in [0.29, 0.717) is 5.02 Å². The molecule has 0 spiro atoms. The van der Waals surface area contributed by atoms with Gasteiger partial charge in [0.05, 0.1) is 6.07 Å². The van der Waals surface area contributed by atoms with Crippen LogP contribution in [0, 0.1) is 11.3 Å². The SMILES string of the molecule is C[C@](C#N)(Nc1ccc2c(c1)CNC2)c1cccc(Cl)c1. The lowest BCUT2D eigenvalue weighted by Crippen LogP contribution is -2.30. The van der Waals surface area contributed by atoms with Crippen LogP contribution < -0.4 is 10.6 Å². The summed E-state index contributed by atoms with van der Waals surface area (Å²) < 4.78 is 0. The number of hydrogen-bond acceptors (Lipinski definition) is 3. The first kappa shape index (κ1) is 13.9. The number of rotatable bonds is 3. The first-order valence-corrected chi connectivity index (χ1v) is 7.26. The average Bonchev–Trinajstić information content (AvgIpc) is 2.94. The van der Waals surface area contributed by atoms with E-state index in [1.54, 1.807) is 0 Å². The van der Waals surface area contributed by atoms with E-state index in [2.05, 4.69) is 28.8 Å². The van der Waals surface area contributed by atoms with Gasteiger partial charge >= 0.3 is 0 Å². The number of halogens is 1. The summed E-state index contributed by atoms with van der Waals surface area (Å²) in [7, 11) is 0. The minimum Gasteiger partial charge on any atom is -0.364 e. The molecule has 0 aliphatic carbocycles. The average molecular weight is 298 g/mol. The van der Waals surface area contributed by atoms with Crippen molar-refractivity contribution in [1.82, 2.24) is 5.32 Å². The normalized spacial score (nSPS) is 15.9. The Hall–Kier alpha value is -2.02. The molecule has 2 aromatic rings. The van der Waals surface area contributed by atoms with E-state index in [1.165, 1.54) is 11.1 Å². The molecule has 3 nitrogen and oxygen atoms in total. The fraction of sp³-hybridized carbons (Fsp3) is 0.235. The van der Waals surface area contributed by atoms with Gasteiger partial charge < -0.3 is 10.6 Å². The Kier molecular flexibility index (Phi) is 3.59. The second-order valence-electron chi connectivity index (χ2n) is 5.46. The number of benzene rings is 2. The van der Waals surface area contributed by atoms with Crippen LogP contribution in [0.3, 0.4) is 0 Å². The molecule has 0 saturated carbocycles. The molecule has 0 saturated heterocycles. The van der Waals surface area contributed by atoms with Crippen LogP contribution >= 0.6 is 11.6 Å². The highest BCUT2D eigenvalue weighted by Gasteiger charge is 2.26. The van der Waals surface area contributed by atoms with Crippen LogP contribution in [0.1, 0.15) is 23.6 Å². The van der Waals surface area contributed by atoms with Gasteiger partial charge in [-0.2, -0.15) is 5.26 Å². The topological polar surface area (TPSA) is 47.9 Å². The summed E-state index contributed by atoms with van der Waals surface area (Å²) in [4.78, 5) is 0. The summed E-state index contributed by atoms with van der Waals surface area (Å²) in [5, 5.41) is 16.9. The summed E-state index contributed by atoms with van der Waals surface area (Å²) in [5.74, 6) is 0. The van der Waals surface area contributed by atoms with E-state index in [-0.39, 0.29) is 0 Å². The van der Waals surface area contributed by atoms with E-state index in [0.717, 1.165) is 24.3 Å². The number of anilines is 1. The first-order valence-electron chi connectivity index (χ1n) is 6.89. The third-order valence-corrected chi connectivity index (χ3v) is 4.09. The molecule has 0 fully saturated rings. The van der Waals surface area contributed by atoms with Crippen molar-refractivity contribution >= 4 is 17.3 Å². The Bertz CT molecular complexity index is 720. The minimum atomic E-state index is -0.814. The van der Waals surface area contributed by atoms with Crippen molar-refractivity contribution in [3.8, 4) is 6.07 Å². The summed E-state index contributed by atoms with van der Waals surface area (Å²) in [6.45, 7) is 3.66. The van der Waals surface area contributed by atoms with E-state index in [1.807, 2.05) is 37.3 Å². The van der Waals surface area contributed by atoms with Crippen molar-refractivity contribution < 1.29 is 0 Å². The second kappa shape index (κ2) is 5.40. The number of nitriles is 1. The third-order valence-electron chi connectivity index (χ3n) is 3.86. The van der Waals surface area contributed by atoms with E-state index >= 15 is 0 Å². The Morgan fingerprint density at radius 3 is 2.76 bits per heavy atom. The predicted molar refractivity (Wildman–Crippen MR) is 85.0 cm³/mol. The Morgan fingerprint density at radius 2 is 2.00 bits per heavy atom. The second-order valence-corrected chi connectivity index (χ2v) is 5.90. The number of fused-ring (bicyclic) bond motifs is 1. The molecule has 106 valence electrons. The van der Waals surface area contributed by atoms with Crippen molar-refractivity contribution in [3.63, 3.8) is 0 Å².